The summed E-state index contributed by atoms with van der Waals surface area (Å²) in [4.78, 5) is 0. The quantitative estimate of drug-likeness (QED) is 0.459. The minimum atomic E-state index is 0. The summed E-state index contributed by atoms with van der Waals surface area (Å²) < 4.78 is 21.2. The van der Waals surface area contributed by atoms with Crippen molar-refractivity contribution in [3.63, 3.8) is 0 Å². The van der Waals surface area contributed by atoms with Crippen molar-refractivity contribution in [2.75, 3.05) is 26.9 Å². The molecule has 3 aromatic rings. The van der Waals surface area contributed by atoms with Crippen molar-refractivity contribution in [1.29, 1.82) is 0 Å². The highest BCUT2D eigenvalue weighted by molar-refractivity contribution is 5.71. The molecule has 0 aliphatic carbocycles. The first-order valence-corrected chi connectivity index (χ1v) is 8.64. The molecule has 1 heterocycles. The van der Waals surface area contributed by atoms with E-state index >= 15 is 0 Å². The van der Waals surface area contributed by atoms with Gasteiger partial charge >= 0.3 is 0 Å². The van der Waals surface area contributed by atoms with E-state index in [2.05, 4.69) is 39.7 Å². The van der Waals surface area contributed by atoms with Gasteiger partial charge in [0.1, 0.15) is 19.7 Å². The van der Waals surface area contributed by atoms with Gasteiger partial charge in [-0.1, -0.05) is 24.3 Å². The summed E-state index contributed by atoms with van der Waals surface area (Å²) in [7, 11) is 1.73. The van der Waals surface area contributed by atoms with Gasteiger partial charge in [0, 0.05) is 7.11 Å². The van der Waals surface area contributed by atoms with Crippen molar-refractivity contribution in [1.82, 2.24) is 4.57 Å². The maximum Gasteiger partial charge on any atom is 0.244 e. The van der Waals surface area contributed by atoms with Gasteiger partial charge in [0.25, 0.3) is 0 Å². The van der Waals surface area contributed by atoms with Crippen LogP contribution in [0.3, 0.4) is 0 Å². The molecule has 3 rings (SSSR count). The highest BCUT2D eigenvalue weighted by atomic mass is 79.9. The zero-order chi connectivity index (χ0) is 17.5. The van der Waals surface area contributed by atoms with Gasteiger partial charge in [0.2, 0.25) is 6.33 Å². The normalized spacial score (nSPS) is 10.5. The molecule has 140 valence electrons. The number of fused-ring (bicyclic) bond motifs is 1. The Balaban J connectivity index is 0.00000243. The van der Waals surface area contributed by atoms with Gasteiger partial charge in [-0.2, -0.15) is 0 Å². The molecule has 0 atom stereocenters. The zero-order valence-electron chi connectivity index (χ0n) is 15.2. The summed E-state index contributed by atoms with van der Waals surface area (Å²) in [5.41, 5.74) is 2.40. The molecule has 26 heavy (non-hydrogen) atoms. The molecule has 0 unspecified atom stereocenters. The van der Waals surface area contributed by atoms with E-state index in [1.807, 2.05) is 31.2 Å². The first-order chi connectivity index (χ1) is 12.3. The van der Waals surface area contributed by atoms with E-state index in [0.29, 0.717) is 19.8 Å². The molecular weight excluding hydrogens is 396 g/mol. The third-order valence-electron chi connectivity index (χ3n) is 4.05. The maximum atomic E-state index is 5.95. The van der Waals surface area contributed by atoms with Crippen LogP contribution < -0.4 is 31.0 Å². The summed E-state index contributed by atoms with van der Waals surface area (Å²) in [6.07, 6.45) is 2.13. The Hall–Kier alpha value is -2.05. The van der Waals surface area contributed by atoms with Crippen molar-refractivity contribution in [2.45, 2.75) is 20.0 Å². The Kier molecular flexibility index (Phi) is 7.94. The van der Waals surface area contributed by atoms with Crippen LogP contribution in [0.15, 0.2) is 54.9 Å². The number of benzene rings is 2. The molecule has 0 fully saturated rings. The SMILES string of the molecule is CCOc1ccccc1OCCn1c[n+](CCOC)c2ccccc21.[Br-]. The Labute approximate surface area is 164 Å². The molecule has 1 aromatic heterocycles. The zero-order valence-corrected chi connectivity index (χ0v) is 16.8. The second-order valence-electron chi connectivity index (χ2n) is 5.71. The summed E-state index contributed by atoms with van der Waals surface area (Å²) in [5.74, 6) is 1.57. The summed E-state index contributed by atoms with van der Waals surface area (Å²) >= 11 is 0. The second kappa shape index (κ2) is 10.2. The molecule has 0 aliphatic heterocycles. The maximum absolute atomic E-state index is 5.95. The van der Waals surface area contributed by atoms with E-state index in [4.69, 9.17) is 14.2 Å². The monoisotopic (exact) mass is 420 g/mol. The fourth-order valence-electron chi connectivity index (χ4n) is 2.89. The Morgan fingerprint density at radius 2 is 1.62 bits per heavy atom. The van der Waals surface area contributed by atoms with Crippen LogP contribution in [0.5, 0.6) is 11.5 Å². The number of aromatic nitrogens is 2. The van der Waals surface area contributed by atoms with E-state index in [9.17, 15) is 0 Å². The van der Waals surface area contributed by atoms with Gasteiger partial charge in [-0.15, -0.1) is 0 Å². The van der Waals surface area contributed by atoms with Crippen LogP contribution in [-0.2, 0) is 17.8 Å². The molecule has 0 saturated heterocycles. The number of hydrogen-bond donors (Lipinski definition) is 0. The van der Waals surface area contributed by atoms with Crippen molar-refractivity contribution in [3.8, 4) is 11.5 Å². The minimum Gasteiger partial charge on any atom is -1.00 e. The van der Waals surface area contributed by atoms with E-state index in [-0.39, 0.29) is 17.0 Å². The molecule has 2 aromatic carbocycles. The smallest absolute Gasteiger partial charge is 0.244 e. The van der Waals surface area contributed by atoms with Crippen molar-refractivity contribution < 1.29 is 35.8 Å². The number of hydrogen-bond acceptors (Lipinski definition) is 3. The van der Waals surface area contributed by atoms with Gasteiger partial charge in [0.15, 0.2) is 22.5 Å². The molecule has 0 bridgehead atoms. The highest BCUT2D eigenvalue weighted by Gasteiger charge is 2.15. The average Bonchev–Trinajstić information content (AvgIpc) is 3.00. The van der Waals surface area contributed by atoms with Gasteiger partial charge in [-0.05, 0) is 31.2 Å². The Morgan fingerprint density at radius 1 is 0.923 bits per heavy atom. The standard InChI is InChI=1S/C20H25N2O3.BrH/c1-3-24-19-10-6-7-11-20(19)25-15-13-22-16-21(12-14-23-2)17-8-4-5-9-18(17)22;/h4-11,16H,3,12-15H2,1-2H3;1H/q+1;/p-1. The van der Waals surface area contributed by atoms with Crippen LogP contribution in [0.4, 0.5) is 0 Å². The number of ether oxygens (including phenoxy) is 3. The lowest BCUT2D eigenvalue weighted by Crippen LogP contribution is -3.00. The topological polar surface area (TPSA) is 36.5 Å². The van der Waals surface area contributed by atoms with Crippen LogP contribution in [0, 0.1) is 0 Å². The fraction of sp³-hybridized carbons (Fsp3) is 0.350. The fourth-order valence-corrected chi connectivity index (χ4v) is 2.89. The van der Waals surface area contributed by atoms with Crippen LogP contribution in [0.25, 0.3) is 11.0 Å². The largest absolute Gasteiger partial charge is 1.00 e. The van der Waals surface area contributed by atoms with Crippen molar-refractivity contribution in [2.24, 2.45) is 0 Å². The van der Waals surface area contributed by atoms with Crippen LogP contribution in [0.1, 0.15) is 6.92 Å². The van der Waals surface area contributed by atoms with E-state index in [1.54, 1.807) is 7.11 Å². The molecule has 5 nitrogen and oxygen atoms in total. The first kappa shape index (κ1) is 20.3. The van der Waals surface area contributed by atoms with E-state index in [0.717, 1.165) is 24.6 Å². The van der Waals surface area contributed by atoms with Crippen LogP contribution in [-0.4, -0.2) is 31.5 Å². The molecule has 0 amide bonds. The molecule has 0 radical (unpaired) electrons. The van der Waals surface area contributed by atoms with Crippen molar-refractivity contribution >= 4 is 11.0 Å². The first-order valence-electron chi connectivity index (χ1n) is 8.64. The third kappa shape index (κ3) is 4.77. The molecule has 0 aliphatic rings. The second-order valence-corrected chi connectivity index (χ2v) is 5.71. The molecule has 0 saturated carbocycles. The summed E-state index contributed by atoms with van der Waals surface area (Å²) in [5, 5.41) is 0. The van der Waals surface area contributed by atoms with Crippen LogP contribution in [0.2, 0.25) is 0 Å². The van der Waals surface area contributed by atoms with Gasteiger partial charge in [0.05, 0.1) is 13.2 Å². The lowest BCUT2D eigenvalue weighted by Gasteiger charge is -2.10. The number of methoxy groups -OCH3 is 1. The van der Waals surface area contributed by atoms with Crippen molar-refractivity contribution in [3.05, 3.63) is 54.9 Å². The van der Waals surface area contributed by atoms with Crippen LogP contribution >= 0.6 is 0 Å². The van der Waals surface area contributed by atoms with E-state index < -0.39 is 0 Å². The third-order valence-corrected chi connectivity index (χ3v) is 4.05. The lowest BCUT2D eigenvalue weighted by molar-refractivity contribution is -0.673. The summed E-state index contributed by atoms with van der Waals surface area (Å²) in [6.45, 7) is 5.46. The number of halogens is 1. The minimum absolute atomic E-state index is 0. The molecule has 0 spiro atoms. The number of imidazole rings is 1. The summed E-state index contributed by atoms with van der Waals surface area (Å²) in [6, 6.07) is 16.2. The average molecular weight is 421 g/mol. The lowest BCUT2D eigenvalue weighted by atomic mass is 10.3. The number of nitrogens with zero attached hydrogens (tertiary/aromatic N) is 2. The Morgan fingerprint density at radius 3 is 2.35 bits per heavy atom. The predicted molar refractivity (Wildman–Crippen MR) is 97.1 cm³/mol. The predicted octanol–water partition coefficient (Wildman–Crippen LogP) is 0.0569. The number of para-hydroxylation sites is 4. The molecular formula is C20H25BrN2O3. The highest BCUT2D eigenvalue weighted by Crippen LogP contribution is 2.26. The molecule has 0 N–H and O–H groups in total. The number of rotatable bonds is 9. The van der Waals surface area contributed by atoms with E-state index in [1.165, 1.54) is 11.0 Å². The van der Waals surface area contributed by atoms with Gasteiger partial charge < -0.3 is 31.2 Å². The van der Waals surface area contributed by atoms with Gasteiger partial charge in [-0.25, -0.2) is 9.13 Å². The Bertz CT molecular complexity index is 820. The van der Waals surface area contributed by atoms with Gasteiger partial charge in [-0.3, -0.25) is 0 Å². The molecule has 6 heteroatoms.